The fourth-order valence-corrected chi connectivity index (χ4v) is 5.03. The van der Waals surface area contributed by atoms with Gasteiger partial charge in [-0.15, -0.1) is 22.7 Å². The van der Waals surface area contributed by atoms with Crippen molar-refractivity contribution < 1.29 is 9.53 Å². The lowest BCUT2D eigenvalue weighted by molar-refractivity contribution is -0.153. The van der Waals surface area contributed by atoms with Gasteiger partial charge in [0.1, 0.15) is 4.83 Å². The van der Waals surface area contributed by atoms with Crippen LogP contribution in [0.1, 0.15) is 44.5 Å². The number of nitrogens with zero attached hydrogens (tertiary/aromatic N) is 1. The molecule has 1 aliphatic carbocycles. The van der Waals surface area contributed by atoms with E-state index < -0.39 is 6.10 Å². The van der Waals surface area contributed by atoms with Gasteiger partial charge in [-0.2, -0.15) is 0 Å². The van der Waals surface area contributed by atoms with E-state index in [-0.39, 0.29) is 17.4 Å². The third kappa shape index (κ3) is 3.14. The van der Waals surface area contributed by atoms with Crippen molar-refractivity contribution in [1.82, 2.24) is 9.97 Å². The second kappa shape index (κ2) is 6.72. The van der Waals surface area contributed by atoms with Gasteiger partial charge in [0.2, 0.25) is 0 Å². The molecule has 0 unspecified atom stereocenters. The second-order valence-corrected chi connectivity index (χ2v) is 8.12. The fourth-order valence-electron chi connectivity index (χ4n) is 3.26. The average Bonchev–Trinajstić information content (AvgIpc) is 3.34. The maximum absolute atomic E-state index is 12.6. The first-order chi connectivity index (χ1) is 12.1. The maximum atomic E-state index is 12.6. The molecule has 130 valence electrons. The zero-order valence-corrected chi connectivity index (χ0v) is 15.4. The minimum absolute atomic E-state index is 0.00919. The highest BCUT2D eigenvalue weighted by atomic mass is 32.1. The lowest BCUT2D eigenvalue weighted by Gasteiger charge is -2.15. The van der Waals surface area contributed by atoms with E-state index in [2.05, 4.69) is 9.97 Å². The van der Waals surface area contributed by atoms with Crippen LogP contribution in [-0.4, -0.2) is 15.9 Å². The molecule has 3 aromatic rings. The molecule has 5 nitrogen and oxygen atoms in total. The number of carbonyl (C=O) groups excluding carboxylic acids is 1. The Kier molecular flexibility index (Phi) is 4.43. The standard InChI is InChI=1S/C18H18N2O3S2/c1-10(23-18(22)11-5-2-3-6-11)15-19-16(21)14-12(9-25-17(14)20-15)13-7-4-8-24-13/h4,7-11H,2-3,5-6H2,1H3,(H,19,20,21)/t10-/m0/s1. The topological polar surface area (TPSA) is 72.0 Å². The predicted molar refractivity (Wildman–Crippen MR) is 100 cm³/mol. The van der Waals surface area contributed by atoms with Crippen molar-refractivity contribution in [1.29, 1.82) is 0 Å². The number of H-pyrrole nitrogens is 1. The number of hydrogen-bond acceptors (Lipinski definition) is 6. The van der Waals surface area contributed by atoms with E-state index in [0.717, 1.165) is 36.1 Å². The minimum Gasteiger partial charge on any atom is -0.454 e. The van der Waals surface area contributed by atoms with Crippen LogP contribution in [0.15, 0.2) is 27.7 Å². The molecular weight excluding hydrogens is 356 g/mol. The lowest BCUT2D eigenvalue weighted by Crippen LogP contribution is -2.20. The normalized spacial score (nSPS) is 16.4. The number of aromatic amines is 1. The first-order valence-electron chi connectivity index (χ1n) is 8.39. The van der Waals surface area contributed by atoms with Gasteiger partial charge in [0.25, 0.3) is 5.56 Å². The molecule has 0 radical (unpaired) electrons. The highest BCUT2D eigenvalue weighted by Crippen LogP contribution is 2.34. The van der Waals surface area contributed by atoms with Crippen LogP contribution in [0, 0.1) is 5.92 Å². The SMILES string of the molecule is C[C@H](OC(=O)C1CCCC1)c1nc2scc(-c3cccs3)c2c(=O)[nH]1. The van der Waals surface area contributed by atoms with E-state index in [1.54, 1.807) is 18.3 Å². The van der Waals surface area contributed by atoms with E-state index in [0.29, 0.717) is 16.0 Å². The molecule has 7 heteroatoms. The first kappa shape index (κ1) is 16.5. The molecule has 3 aromatic heterocycles. The van der Waals surface area contributed by atoms with Gasteiger partial charge >= 0.3 is 5.97 Å². The van der Waals surface area contributed by atoms with E-state index in [4.69, 9.17) is 4.74 Å². The Hall–Kier alpha value is -1.99. The molecule has 0 amide bonds. The summed E-state index contributed by atoms with van der Waals surface area (Å²) in [5.74, 6) is 0.215. The third-order valence-corrected chi connectivity index (χ3v) is 6.39. The number of aromatic nitrogens is 2. The van der Waals surface area contributed by atoms with E-state index >= 15 is 0 Å². The number of hydrogen-bond donors (Lipinski definition) is 1. The predicted octanol–water partition coefficient (Wildman–Crippen LogP) is 4.51. The average molecular weight is 374 g/mol. The minimum atomic E-state index is -0.558. The number of nitrogens with one attached hydrogen (secondary N) is 1. The van der Waals surface area contributed by atoms with Gasteiger partial charge in [-0.05, 0) is 31.2 Å². The van der Waals surface area contributed by atoms with Gasteiger partial charge < -0.3 is 9.72 Å². The molecule has 0 bridgehead atoms. The van der Waals surface area contributed by atoms with Crippen molar-refractivity contribution >= 4 is 38.9 Å². The fraction of sp³-hybridized carbons (Fsp3) is 0.389. The summed E-state index contributed by atoms with van der Waals surface area (Å²) >= 11 is 3.03. The van der Waals surface area contributed by atoms with Crippen LogP contribution in [0.25, 0.3) is 20.7 Å². The van der Waals surface area contributed by atoms with E-state index in [1.807, 2.05) is 22.9 Å². The Morgan fingerprint density at radius 2 is 2.16 bits per heavy atom. The zero-order valence-electron chi connectivity index (χ0n) is 13.8. The van der Waals surface area contributed by atoms with Gasteiger partial charge in [0.15, 0.2) is 11.9 Å². The molecule has 1 fully saturated rings. The number of esters is 1. The molecule has 0 aliphatic heterocycles. The number of ether oxygens (including phenoxy) is 1. The Morgan fingerprint density at radius 3 is 2.88 bits per heavy atom. The van der Waals surface area contributed by atoms with Crippen LogP contribution in [0.4, 0.5) is 0 Å². The molecule has 3 heterocycles. The molecule has 1 N–H and O–H groups in total. The van der Waals surface area contributed by atoms with Gasteiger partial charge in [-0.3, -0.25) is 9.59 Å². The van der Waals surface area contributed by atoms with Gasteiger partial charge in [0, 0.05) is 15.8 Å². The summed E-state index contributed by atoms with van der Waals surface area (Å²) in [6, 6.07) is 3.95. The van der Waals surface area contributed by atoms with E-state index in [9.17, 15) is 9.59 Å². The molecule has 1 atom stereocenters. The Morgan fingerprint density at radius 1 is 1.36 bits per heavy atom. The summed E-state index contributed by atoms with van der Waals surface area (Å²) < 4.78 is 5.54. The van der Waals surface area contributed by atoms with Crippen LogP contribution in [-0.2, 0) is 9.53 Å². The monoisotopic (exact) mass is 374 g/mol. The van der Waals surface area contributed by atoms with Crippen molar-refractivity contribution in [3.63, 3.8) is 0 Å². The quantitative estimate of drug-likeness (QED) is 0.682. The zero-order chi connectivity index (χ0) is 17.4. The van der Waals surface area contributed by atoms with Crippen molar-refractivity contribution in [2.45, 2.75) is 38.7 Å². The largest absolute Gasteiger partial charge is 0.454 e. The summed E-state index contributed by atoms with van der Waals surface area (Å²) in [5, 5.41) is 4.54. The molecule has 0 aromatic carbocycles. The van der Waals surface area contributed by atoms with Crippen molar-refractivity contribution in [3.05, 3.63) is 39.1 Å². The summed E-state index contributed by atoms with van der Waals surface area (Å²) in [6.45, 7) is 1.75. The first-order valence-corrected chi connectivity index (χ1v) is 10.1. The number of fused-ring (bicyclic) bond motifs is 1. The summed E-state index contributed by atoms with van der Waals surface area (Å²) in [6.07, 6.45) is 3.39. The van der Waals surface area contributed by atoms with Crippen molar-refractivity contribution in [2.75, 3.05) is 0 Å². The molecule has 0 spiro atoms. The number of rotatable bonds is 4. The lowest BCUT2D eigenvalue weighted by atomic mass is 10.1. The second-order valence-electron chi connectivity index (χ2n) is 6.32. The van der Waals surface area contributed by atoms with Crippen LogP contribution < -0.4 is 5.56 Å². The Balaban J connectivity index is 1.63. The summed E-state index contributed by atoms with van der Waals surface area (Å²) in [7, 11) is 0. The smallest absolute Gasteiger partial charge is 0.309 e. The van der Waals surface area contributed by atoms with Crippen LogP contribution >= 0.6 is 22.7 Å². The summed E-state index contributed by atoms with van der Waals surface area (Å²) in [5.41, 5.74) is 0.722. The van der Waals surface area contributed by atoms with Crippen LogP contribution in [0.3, 0.4) is 0 Å². The number of carbonyl (C=O) groups is 1. The Bertz CT molecular complexity index is 953. The van der Waals surface area contributed by atoms with E-state index in [1.165, 1.54) is 11.3 Å². The van der Waals surface area contributed by atoms with Crippen molar-refractivity contribution in [2.24, 2.45) is 5.92 Å². The van der Waals surface area contributed by atoms with Gasteiger partial charge in [-0.1, -0.05) is 18.9 Å². The molecule has 0 saturated heterocycles. The molecule has 25 heavy (non-hydrogen) atoms. The maximum Gasteiger partial charge on any atom is 0.309 e. The Labute approximate surface area is 152 Å². The summed E-state index contributed by atoms with van der Waals surface area (Å²) in [4.78, 5) is 33.9. The van der Waals surface area contributed by atoms with Crippen LogP contribution in [0.5, 0.6) is 0 Å². The van der Waals surface area contributed by atoms with Crippen LogP contribution in [0.2, 0.25) is 0 Å². The molecular formula is C18H18N2O3S2. The van der Waals surface area contributed by atoms with Crippen molar-refractivity contribution in [3.8, 4) is 10.4 Å². The third-order valence-electron chi connectivity index (χ3n) is 4.62. The van der Waals surface area contributed by atoms with Gasteiger partial charge in [-0.25, -0.2) is 4.98 Å². The molecule has 4 rings (SSSR count). The molecule has 1 aliphatic rings. The highest BCUT2D eigenvalue weighted by Gasteiger charge is 2.27. The van der Waals surface area contributed by atoms with Gasteiger partial charge in [0.05, 0.1) is 11.3 Å². The number of thiophene rings is 2. The highest BCUT2D eigenvalue weighted by molar-refractivity contribution is 7.18. The molecule has 1 saturated carbocycles.